The molecule has 324 valence electrons. The van der Waals surface area contributed by atoms with E-state index in [0.717, 1.165) is 64.2 Å². The SMILES string of the molecule is CCCCCCCCCCCCC(=O)OC(OC(=O)CCCCCCCCCCCC)C(C)CCCCCCC=CCCCCCCCCCCCC(=O)O. The Labute approximate surface area is 341 Å². The summed E-state index contributed by atoms with van der Waals surface area (Å²) in [6.07, 6.45) is 48.1. The fourth-order valence-electron chi connectivity index (χ4n) is 7.38. The van der Waals surface area contributed by atoms with Gasteiger partial charge in [0.1, 0.15) is 0 Å². The Morgan fingerprint density at radius 1 is 0.418 bits per heavy atom. The molecule has 1 atom stereocenters. The average molecular weight is 777 g/mol. The molecule has 0 aromatic carbocycles. The van der Waals surface area contributed by atoms with Crippen LogP contribution in [-0.2, 0) is 23.9 Å². The van der Waals surface area contributed by atoms with Crippen molar-refractivity contribution in [3.8, 4) is 0 Å². The zero-order valence-electron chi connectivity index (χ0n) is 36.9. The lowest BCUT2D eigenvalue weighted by molar-refractivity contribution is -0.197. The summed E-state index contributed by atoms with van der Waals surface area (Å²) in [5, 5.41) is 8.69. The third-order valence-corrected chi connectivity index (χ3v) is 11.1. The van der Waals surface area contributed by atoms with Crippen LogP contribution >= 0.6 is 0 Å². The van der Waals surface area contributed by atoms with Gasteiger partial charge in [0.25, 0.3) is 0 Å². The molecule has 1 N–H and O–H groups in total. The highest BCUT2D eigenvalue weighted by atomic mass is 16.7. The van der Waals surface area contributed by atoms with Crippen LogP contribution in [0.4, 0.5) is 0 Å². The molecule has 0 aliphatic heterocycles. The van der Waals surface area contributed by atoms with Crippen molar-refractivity contribution >= 4 is 17.9 Å². The summed E-state index contributed by atoms with van der Waals surface area (Å²) in [6.45, 7) is 6.58. The molecule has 0 radical (unpaired) electrons. The van der Waals surface area contributed by atoms with Crippen LogP contribution in [-0.4, -0.2) is 29.3 Å². The van der Waals surface area contributed by atoms with E-state index in [1.165, 1.54) is 167 Å². The van der Waals surface area contributed by atoms with Crippen molar-refractivity contribution in [3.05, 3.63) is 12.2 Å². The van der Waals surface area contributed by atoms with Gasteiger partial charge >= 0.3 is 17.9 Å². The van der Waals surface area contributed by atoms with E-state index in [1.54, 1.807) is 0 Å². The van der Waals surface area contributed by atoms with Crippen LogP contribution in [0.25, 0.3) is 0 Å². The fourth-order valence-corrected chi connectivity index (χ4v) is 7.38. The number of rotatable bonds is 44. The number of carbonyl (C=O) groups is 3. The van der Waals surface area contributed by atoms with E-state index in [-0.39, 0.29) is 17.9 Å². The molecule has 0 heterocycles. The standard InChI is InChI=1S/C49H92O6/c1-4-6-8-10-12-14-27-31-35-39-43-47(52)54-49(55-48(53)44-40-36-32-28-15-13-11-9-7-5-2)45(3)41-37-33-29-25-23-21-19-17-16-18-20-22-24-26-30-34-38-42-46(50)51/h19,21,45,49H,4-18,20,22-44H2,1-3H3,(H,50,51). The van der Waals surface area contributed by atoms with E-state index in [1.807, 2.05) is 0 Å². The first-order valence-electron chi connectivity index (χ1n) is 24.2. The quantitative estimate of drug-likeness (QED) is 0.0287. The zero-order valence-corrected chi connectivity index (χ0v) is 36.9. The number of carboxylic acid groups (broad SMARTS) is 1. The molecule has 0 rings (SSSR count). The lowest BCUT2D eigenvalue weighted by Crippen LogP contribution is -2.30. The summed E-state index contributed by atoms with van der Waals surface area (Å²) < 4.78 is 11.7. The van der Waals surface area contributed by atoms with Crippen molar-refractivity contribution in [1.29, 1.82) is 0 Å². The number of allylic oxidation sites excluding steroid dienone is 2. The molecule has 6 nitrogen and oxygen atoms in total. The number of unbranched alkanes of at least 4 members (excludes halogenated alkanes) is 31. The van der Waals surface area contributed by atoms with E-state index >= 15 is 0 Å². The van der Waals surface area contributed by atoms with Gasteiger partial charge < -0.3 is 14.6 Å². The Hall–Kier alpha value is -1.85. The Morgan fingerprint density at radius 2 is 0.709 bits per heavy atom. The van der Waals surface area contributed by atoms with Gasteiger partial charge in [0.2, 0.25) is 6.29 Å². The molecule has 0 amide bonds. The van der Waals surface area contributed by atoms with Crippen LogP contribution in [0.2, 0.25) is 0 Å². The third-order valence-electron chi connectivity index (χ3n) is 11.1. The molecular formula is C49H92O6. The van der Waals surface area contributed by atoms with Crippen LogP contribution in [0.1, 0.15) is 271 Å². The monoisotopic (exact) mass is 777 g/mol. The fraction of sp³-hybridized carbons (Fsp3) is 0.898. The van der Waals surface area contributed by atoms with Crippen LogP contribution in [0.15, 0.2) is 12.2 Å². The molecule has 6 heteroatoms. The minimum atomic E-state index is -0.774. The summed E-state index contributed by atoms with van der Waals surface area (Å²) in [5.41, 5.74) is 0. The molecule has 0 fully saturated rings. The first kappa shape index (κ1) is 53.1. The van der Waals surface area contributed by atoms with Gasteiger partial charge in [-0.25, -0.2) is 0 Å². The summed E-state index contributed by atoms with van der Waals surface area (Å²) in [5.74, 6) is -1.13. The third kappa shape index (κ3) is 41.6. The van der Waals surface area contributed by atoms with E-state index in [9.17, 15) is 14.4 Å². The molecule has 0 bridgehead atoms. The van der Waals surface area contributed by atoms with Crippen molar-refractivity contribution in [2.45, 2.75) is 277 Å². The number of aliphatic carboxylic acids is 1. The largest absolute Gasteiger partial charge is 0.481 e. The summed E-state index contributed by atoms with van der Waals surface area (Å²) in [7, 11) is 0. The second kappa shape index (κ2) is 43.3. The summed E-state index contributed by atoms with van der Waals surface area (Å²) >= 11 is 0. The second-order valence-corrected chi connectivity index (χ2v) is 16.8. The van der Waals surface area contributed by atoms with E-state index in [0.29, 0.717) is 19.3 Å². The minimum absolute atomic E-state index is 0.00275. The summed E-state index contributed by atoms with van der Waals surface area (Å²) in [6, 6.07) is 0. The molecular weight excluding hydrogens is 685 g/mol. The van der Waals surface area contributed by atoms with Crippen molar-refractivity contribution in [3.63, 3.8) is 0 Å². The maximum Gasteiger partial charge on any atom is 0.308 e. The molecule has 0 saturated carbocycles. The topological polar surface area (TPSA) is 89.9 Å². The first-order valence-corrected chi connectivity index (χ1v) is 24.2. The normalized spacial score (nSPS) is 12.1. The van der Waals surface area contributed by atoms with Gasteiger partial charge in [-0.1, -0.05) is 213 Å². The summed E-state index contributed by atoms with van der Waals surface area (Å²) in [4.78, 5) is 36.2. The lowest BCUT2D eigenvalue weighted by atomic mass is 10.0. The molecule has 0 aromatic heterocycles. The van der Waals surface area contributed by atoms with Gasteiger partial charge in [0.05, 0.1) is 0 Å². The van der Waals surface area contributed by atoms with Gasteiger partial charge in [0, 0.05) is 25.2 Å². The Bertz CT molecular complexity index is 831. The molecule has 0 saturated heterocycles. The predicted molar refractivity (Wildman–Crippen MR) is 233 cm³/mol. The molecule has 55 heavy (non-hydrogen) atoms. The average Bonchev–Trinajstić information content (AvgIpc) is 3.16. The van der Waals surface area contributed by atoms with Crippen LogP contribution < -0.4 is 0 Å². The number of esters is 2. The highest BCUT2D eigenvalue weighted by Gasteiger charge is 2.25. The van der Waals surface area contributed by atoms with Gasteiger partial charge in [-0.2, -0.15) is 0 Å². The Balaban J connectivity index is 4.29. The van der Waals surface area contributed by atoms with E-state index in [2.05, 4.69) is 32.9 Å². The maximum atomic E-state index is 12.8. The smallest absolute Gasteiger partial charge is 0.308 e. The molecule has 0 aliphatic rings. The first-order chi connectivity index (χ1) is 26.9. The highest BCUT2D eigenvalue weighted by Crippen LogP contribution is 2.21. The number of ether oxygens (including phenoxy) is 2. The maximum absolute atomic E-state index is 12.8. The number of carbonyl (C=O) groups excluding carboxylic acids is 2. The van der Waals surface area contributed by atoms with Crippen molar-refractivity contribution in [2.24, 2.45) is 5.92 Å². The number of hydrogen-bond donors (Lipinski definition) is 1. The number of hydrogen-bond acceptors (Lipinski definition) is 5. The lowest BCUT2D eigenvalue weighted by Gasteiger charge is -2.24. The van der Waals surface area contributed by atoms with Crippen LogP contribution in [0, 0.1) is 5.92 Å². The van der Waals surface area contributed by atoms with E-state index in [4.69, 9.17) is 14.6 Å². The second-order valence-electron chi connectivity index (χ2n) is 16.8. The molecule has 0 aromatic rings. The van der Waals surface area contributed by atoms with Gasteiger partial charge in [-0.15, -0.1) is 0 Å². The predicted octanol–water partition coefficient (Wildman–Crippen LogP) is 15.9. The Kier molecular flexibility index (Phi) is 41.8. The minimum Gasteiger partial charge on any atom is -0.481 e. The number of carboxylic acids is 1. The van der Waals surface area contributed by atoms with Crippen molar-refractivity contribution < 1.29 is 29.0 Å². The van der Waals surface area contributed by atoms with Gasteiger partial charge in [0.15, 0.2) is 0 Å². The van der Waals surface area contributed by atoms with Crippen molar-refractivity contribution in [1.82, 2.24) is 0 Å². The van der Waals surface area contributed by atoms with Gasteiger partial charge in [-0.05, 0) is 51.4 Å². The Morgan fingerprint density at radius 3 is 1.05 bits per heavy atom. The van der Waals surface area contributed by atoms with Gasteiger partial charge in [-0.3, -0.25) is 14.4 Å². The molecule has 1 unspecified atom stereocenters. The molecule has 0 aliphatic carbocycles. The van der Waals surface area contributed by atoms with Crippen molar-refractivity contribution in [2.75, 3.05) is 0 Å². The highest BCUT2D eigenvalue weighted by molar-refractivity contribution is 5.71. The van der Waals surface area contributed by atoms with Crippen LogP contribution in [0.5, 0.6) is 0 Å². The van der Waals surface area contributed by atoms with Crippen LogP contribution in [0.3, 0.4) is 0 Å². The molecule has 0 spiro atoms. The van der Waals surface area contributed by atoms with E-state index < -0.39 is 12.3 Å². The zero-order chi connectivity index (χ0) is 40.3.